The van der Waals surface area contributed by atoms with E-state index < -0.39 is 0 Å². The molecule has 0 aliphatic carbocycles. The smallest absolute Gasteiger partial charge is 0.236 e. The number of aryl methyl sites for hydroxylation is 1. The van der Waals surface area contributed by atoms with Crippen molar-refractivity contribution in [3.8, 4) is 11.4 Å². The number of nitrogens with one attached hydrogen (secondary N) is 1. The number of carbonyl (C=O) groups excluding carboxylic acids is 1. The van der Waals surface area contributed by atoms with E-state index in [1.54, 1.807) is 19.6 Å². The number of anilines is 1. The van der Waals surface area contributed by atoms with E-state index in [4.69, 9.17) is 4.74 Å². The Morgan fingerprint density at radius 1 is 1.28 bits per heavy atom. The minimum absolute atomic E-state index is 0.146. The van der Waals surface area contributed by atoms with E-state index in [9.17, 15) is 4.79 Å². The second kappa shape index (κ2) is 7.80. The average molecular weight is 355 g/mol. The summed E-state index contributed by atoms with van der Waals surface area (Å²) in [5.41, 5.74) is 1.94. The van der Waals surface area contributed by atoms with Crippen LogP contribution in [0.5, 0.6) is 5.75 Å². The lowest BCUT2D eigenvalue weighted by atomic mass is 10.3. The topological polar surface area (TPSA) is 81.9 Å². The molecule has 1 N–H and O–H groups in total. The number of benzene rings is 1. The van der Waals surface area contributed by atoms with Gasteiger partial charge in [-0.2, -0.15) is 0 Å². The monoisotopic (exact) mass is 355 g/mol. The molecule has 0 atom stereocenters. The van der Waals surface area contributed by atoms with Crippen molar-refractivity contribution in [1.82, 2.24) is 19.7 Å². The predicted octanol–water partition coefficient (Wildman–Crippen LogP) is 2.71. The molecule has 3 rings (SSSR count). The van der Waals surface area contributed by atoms with Gasteiger partial charge in [-0.1, -0.05) is 11.8 Å². The lowest BCUT2D eigenvalue weighted by Gasteiger charge is -2.08. The minimum atomic E-state index is -0.146. The summed E-state index contributed by atoms with van der Waals surface area (Å²) in [5.74, 6) is 1.38. The Morgan fingerprint density at radius 2 is 2.08 bits per heavy atom. The second-order valence-corrected chi connectivity index (χ2v) is 6.18. The van der Waals surface area contributed by atoms with Gasteiger partial charge in [-0.05, 0) is 48.9 Å². The minimum Gasteiger partial charge on any atom is -0.497 e. The highest BCUT2D eigenvalue weighted by molar-refractivity contribution is 7.99. The quantitative estimate of drug-likeness (QED) is 0.685. The summed E-state index contributed by atoms with van der Waals surface area (Å²) in [6.45, 7) is 1.95. The van der Waals surface area contributed by atoms with Crippen molar-refractivity contribution in [3.63, 3.8) is 0 Å². The maximum atomic E-state index is 12.1. The number of thioether (sulfide) groups is 1. The van der Waals surface area contributed by atoms with Gasteiger partial charge in [0.2, 0.25) is 5.91 Å². The number of rotatable bonds is 6. The van der Waals surface area contributed by atoms with Crippen molar-refractivity contribution in [1.29, 1.82) is 0 Å². The number of nitrogens with zero attached hydrogens (tertiary/aromatic N) is 4. The van der Waals surface area contributed by atoms with E-state index >= 15 is 0 Å². The Bertz CT molecular complexity index is 863. The fourth-order valence-corrected chi connectivity index (χ4v) is 2.89. The first-order chi connectivity index (χ1) is 12.2. The van der Waals surface area contributed by atoms with Gasteiger partial charge in [0.05, 0.1) is 12.9 Å². The predicted molar refractivity (Wildman–Crippen MR) is 96.2 cm³/mol. The van der Waals surface area contributed by atoms with Gasteiger partial charge in [0.1, 0.15) is 17.9 Å². The summed E-state index contributed by atoms with van der Waals surface area (Å²) in [7, 11) is 1.62. The Labute approximate surface area is 149 Å². The summed E-state index contributed by atoms with van der Waals surface area (Å²) >= 11 is 1.31. The zero-order chi connectivity index (χ0) is 17.6. The molecule has 2 heterocycles. The van der Waals surface area contributed by atoms with Crippen molar-refractivity contribution in [2.75, 3.05) is 18.2 Å². The average Bonchev–Trinajstić information content (AvgIpc) is 3.08. The van der Waals surface area contributed by atoms with Crippen LogP contribution in [-0.4, -0.2) is 38.5 Å². The first-order valence-corrected chi connectivity index (χ1v) is 8.54. The van der Waals surface area contributed by atoms with Crippen molar-refractivity contribution >= 4 is 23.5 Å². The first kappa shape index (κ1) is 17.0. The van der Waals surface area contributed by atoms with Crippen LogP contribution in [0.3, 0.4) is 0 Å². The van der Waals surface area contributed by atoms with Crippen LogP contribution in [0.2, 0.25) is 0 Å². The van der Waals surface area contributed by atoms with E-state index in [0.717, 1.165) is 17.0 Å². The largest absolute Gasteiger partial charge is 0.497 e. The summed E-state index contributed by atoms with van der Waals surface area (Å²) < 4.78 is 6.98. The maximum absolute atomic E-state index is 12.1. The highest BCUT2D eigenvalue weighted by atomic mass is 32.2. The SMILES string of the molecule is COc1ccc(-n2cnnc2SCC(=O)Nc2cc(C)ccn2)cc1. The van der Waals surface area contributed by atoms with E-state index in [-0.39, 0.29) is 11.7 Å². The fourth-order valence-electron chi connectivity index (χ4n) is 2.16. The number of carbonyl (C=O) groups is 1. The van der Waals surface area contributed by atoms with Gasteiger partial charge in [0.15, 0.2) is 5.16 Å². The Hall–Kier alpha value is -2.87. The Morgan fingerprint density at radius 3 is 2.80 bits per heavy atom. The second-order valence-electron chi connectivity index (χ2n) is 5.24. The summed E-state index contributed by atoms with van der Waals surface area (Å²) in [5, 5.41) is 11.4. The molecule has 25 heavy (non-hydrogen) atoms. The number of methoxy groups -OCH3 is 1. The van der Waals surface area contributed by atoms with Crippen molar-refractivity contribution < 1.29 is 9.53 Å². The van der Waals surface area contributed by atoms with Crippen LogP contribution in [0.1, 0.15) is 5.56 Å². The van der Waals surface area contributed by atoms with Gasteiger partial charge >= 0.3 is 0 Å². The van der Waals surface area contributed by atoms with Gasteiger partial charge in [-0.3, -0.25) is 9.36 Å². The highest BCUT2D eigenvalue weighted by Crippen LogP contribution is 2.21. The summed E-state index contributed by atoms with van der Waals surface area (Å²) in [6.07, 6.45) is 3.28. The molecule has 7 nitrogen and oxygen atoms in total. The molecule has 0 fully saturated rings. The van der Waals surface area contributed by atoms with E-state index in [2.05, 4.69) is 20.5 Å². The molecule has 0 spiro atoms. The zero-order valence-corrected chi connectivity index (χ0v) is 14.7. The molecule has 3 aromatic rings. The molecule has 0 bridgehead atoms. The third-order valence-electron chi connectivity index (χ3n) is 3.38. The third-order valence-corrected chi connectivity index (χ3v) is 4.33. The summed E-state index contributed by atoms with van der Waals surface area (Å²) in [6, 6.07) is 11.2. The zero-order valence-electron chi connectivity index (χ0n) is 13.8. The molecule has 1 amide bonds. The Kier molecular flexibility index (Phi) is 5.30. The first-order valence-electron chi connectivity index (χ1n) is 7.55. The van der Waals surface area contributed by atoms with E-state index in [0.29, 0.717) is 11.0 Å². The highest BCUT2D eigenvalue weighted by Gasteiger charge is 2.11. The van der Waals surface area contributed by atoms with Crippen LogP contribution >= 0.6 is 11.8 Å². The molecule has 1 aromatic carbocycles. The maximum Gasteiger partial charge on any atom is 0.236 e. The number of amides is 1. The van der Waals surface area contributed by atoms with Crippen LogP contribution in [0.4, 0.5) is 5.82 Å². The van der Waals surface area contributed by atoms with E-state index in [1.165, 1.54) is 11.8 Å². The normalized spacial score (nSPS) is 10.5. The van der Waals surface area contributed by atoms with Crippen molar-refractivity contribution in [3.05, 3.63) is 54.5 Å². The van der Waals surface area contributed by atoms with Gasteiger partial charge in [0, 0.05) is 11.9 Å². The lowest BCUT2D eigenvalue weighted by molar-refractivity contribution is -0.113. The lowest BCUT2D eigenvalue weighted by Crippen LogP contribution is -2.15. The van der Waals surface area contributed by atoms with Crippen LogP contribution < -0.4 is 10.1 Å². The van der Waals surface area contributed by atoms with Gasteiger partial charge in [-0.25, -0.2) is 4.98 Å². The molecule has 0 aliphatic rings. The molecule has 0 unspecified atom stereocenters. The molecule has 0 radical (unpaired) electrons. The van der Waals surface area contributed by atoms with Crippen LogP contribution in [0.15, 0.2) is 54.1 Å². The number of hydrogen-bond donors (Lipinski definition) is 1. The molecule has 0 saturated carbocycles. The van der Waals surface area contributed by atoms with Crippen LogP contribution in [-0.2, 0) is 4.79 Å². The van der Waals surface area contributed by atoms with Crippen LogP contribution in [0, 0.1) is 6.92 Å². The molecular weight excluding hydrogens is 338 g/mol. The van der Waals surface area contributed by atoms with Gasteiger partial charge < -0.3 is 10.1 Å². The number of pyridine rings is 1. The molecule has 0 saturated heterocycles. The van der Waals surface area contributed by atoms with Crippen molar-refractivity contribution in [2.45, 2.75) is 12.1 Å². The number of aromatic nitrogens is 4. The number of ether oxygens (including phenoxy) is 1. The standard InChI is InChI=1S/C17H17N5O2S/c1-12-7-8-18-15(9-12)20-16(23)10-25-17-21-19-11-22(17)13-3-5-14(24-2)6-4-13/h3-9,11H,10H2,1-2H3,(H,18,20,23). The summed E-state index contributed by atoms with van der Waals surface area (Å²) in [4.78, 5) is 16.2. The fraction of sp³-hybridized carbons (Fsp3) is 0.176. The Balaban J connectivity index is 1.64. The molecular formula is C17H17N5O2S. The molecule has 2 aromatic heterocycles. The van der Waals surface area contributed by atoms with Crippen molar-refractivity contribution in [2.24, 2.45) is 0 Å². The van der Waals surface area contributed by atoms with Gasteiger partial charge in [0.25, 0.3) is 0 Å². The molecule has 128 valence electrons. The van der Waals surface area contributed by atoms with E-state index in [1.807, 2.05) is 47.9 Å². The molecule has 0 aliphatic heterocycles. The third kappa shape index (κ3) is 4.36. The van der Waals surface area contributed by atoms with Gasteiger partial charge in [-0.15, -0.1) is 10.2 Å². The molecule has 8 heteroatoms. The number of hydrogen-bond acceptors (Lipinski definition) is 6. The van der Waals surface area contributed by atoms with Crippen LogP contribution in [0.25, 0.3) is 5.69 Å².